The first-order valence-electron chi connectivity index (χ1n) is 10.3. The number of nitrogens with one attached hydrogen (secondary N) is 1. The number of carbonyl (C=O) groups excluding carboxylic acids is 3. The number of hydrogen-bond donors (Lipinski definition) is 1. The summed E-state index contributed by atoms with van der Waals surface area (Å²) < 4.78 is 15.7. The van der Waals surface area contributed by atoms with Crippen molar-refractivity contribution in [3.05, 3.63) is 93.5 Å². The van der Waals surface area contributed by atoms with Gasteiger partial charge in [-0.1, -0.05) is 47.5 Å². The standard InChI is InChI=1S/C25H21ClN2O6/c1-15-4-3-5-17(10-15)14-33-21-8-6-16(11-19(21)26)12-20-23(29)28(25(31)27-20)13-18-7-9-22(34-18)24(30)32-2/h3-12H,13-14H2,1-2H3,(H,27,31)/b20-12-. The fraction of sp³-hybridized carbons (Fsp3) is 0.160. The van der Waals surface area contributed by atoms with Gasteiger partial charge in [-0.25, -0.2) is 9.59 Å². The second-order valence-electron chi connectivity index (χ2n) is 7.60. The minimum absolute atomic E-state index is 0.0142. The van der Waals surface area contributed by atoms with Gasteiger partial charge in [0.15, 0.2) is 0 Å². The summed E-state index contributed by atoms with van der Waals surface area (Å²) >= 11 is 6.37. The second kappa shape index (κ2) is 9.84. The highest BCUT2D eigenvalue weighted by atomic mass is 35.5. The Hall–Kier alpha value is -4.04. The molecule has 1 N–H and O–H groups in total. The number of imide groups is 1. The molecule has 3 aromatic rings. The van der Waals surface area contributed by atoms with Crippen LogP contribution in [-0.4, -0.2) is 29.9 Å². The number of furan rings is 1. The van der Waals surface area contributed by atoms with Crippen molar-refractivity contribution >= 4 is 35.6 Å². The minimum Gasteiger partial charge on any atom is -0.487 e. The first kappa shape index (κ1) is 23.1. The van der Waals surface area contributed by atoms with Crippen LogP contribution in [0.4, 0.5) is 4.79 Å². The van der Waals surface area contributed by atoms with Gasteiger partial charge in [0.05, 0.1) is 18.7 Å². The van der Waals surface area contributed by atoms with E-state index < -0.39 is 17.9 Å². The molecule has 0 spiro atoms. The maximum Gasteiger partial charge on any atom is 0.373 e. The zero-order chi connectivity index (χ0) is 24.2. The fourth-order valence-corrected chi connectivity index (χ4v) is 3.64. The molecule has 1 aromatic heterocycles. The molecule has 1 fully saturated rings. The number of carbonyl (C=O) groups is 3. The van der Waals surface area contributed by atoms with Gasteiger partial charge in [-0.2, -0.15) is 0 Å². The van der Waals surface area contributed by atoms with Crippen LogP contribution in [0.1, 0.15) is 33.0 Å². The van der Waals surface area contributed by atoms with Crippen molar-refractivity contribution in [2.75, 3.05) is 7.11 Å². The largest absolute Gasteiger partial charge is 0.487 e. The highest BCUT2D eigenvalue weighted by Gasteiger charge is 2.34. The van der Waals surface area contributed by atoms with Crippen molar-refractivity contribution < 1.29 is 28.3 Å². The van der Waals surface area contributed by atoms with Crippen LogP contribution < -0.4 is 10.1 Å². The molecule has 0 saturated carbocycles. The van der Waals surface area contributed by atoms with E-state index >= 15 is 0 Å². The first-order valence-corrected chi connectivity index (χ1v) is 10.7. The topological polar surface area (TPSA) is 98.1 Å². The third-order valence-corrected chi connectivity index (χ3v) is 5.36. The van der Waals surface area contributed by atoms with E-state index in [2.05, 4.69) is 10.1 Å². The van der Waals surface area contributed by atoms with Gasteiger partial charge in [-0.05, 0) is 48.4 Å². The van der Waals surface area contributed by atoms with E-state index in [1.54, 1.807) is 18.2 Å². The smallest absolute Gasteiger partial charge is 0.373 e. The molecule has 8 nitrogen and oxygen atoms in total. The molecule has 0 radical (unpaired) electrons. The van der Waals surface area contributed by atoms with Crippen LogP contribution >= 0.6 is 11.6 Å². The molecule has 1 aliphatic rings. The molecule has 1 aliphatic heterocycles. The summed E-state index contributed by atoms with van der Waals surface area (Å²) in [7, 11) is 1.23. The van der Waals surface area contributed by atoms with E-state index in [4.69, 9.17) is 20.8 Å². The number of esters is 1. The predicted octanol–water partition coefficient (Wildman–Crippen LogP) is 4.70. The van der Waals surface area contributed by atoms with Crippen LogP contribution in [0.3, 0.4) is 0 Å². The highest BCUT2D eigenvalue weighted by molar-refractivity contribution is 6.32. The molecular formula is C25H21ClN2O6. The Morgan fingerprint density at radius 1 is 1.15 bits per heavy atom. The normalized spacial score (nSPS) is 14.4. The lowest BCUT2D eigenvalue weighted by Gasteiger charge is -2.10. The van der Waals surface area contributed by atoms with Crippen LogP contribution in [0.5, 0.6) is 5.75 Å². The average Bonchev–Trinajstić information content (AvgIpc) is 3.38. The van der Waals surface area contributed by atoms with Gasteiger partial charge in [0.25, 0.3) is 5.91 Å². The summed E-state index contributed by atoms with van der Waals surface area (Å²) in [6.07, 6.45) is 1.53. The molecular weight excluding hydrogens is 460 g/mol. The maximum absolute atomic E-state index is 12.7. The Balaban J connectivity index is 1.43. The predicted molar refractivity (Wildman–Crippen MR) is 124 cm³/mol. The molecule has 4 rings (SSSR count). The van der Waals surface area contributed by atoms with Gasteiger partial charge in [0.1, 0.15) is 23.8 Å². The lowest BCUT2D eigenvalue weighted by Crippen LogP contribution is -2.30. The third-order valence-electron chi connectivity index (χ3n) is 5.07. The Morgan fingerprint density at radius 2 is 1.97 bits per heavy atom. The number of halogens is 1. The summed E-state index contributed by atoms with van der Waals surface area (Å²) in [5.41, 5.74) is 2.87. The molecule has 174 valence electrons. The van der Waals surface area contributed by atoms with Gasteiger partial charge in [-0.3, -0.25) is 9.69 Å². The van der Waals surface area contributed by atoms with Crippen LogP contribution in [0.15, 0.2) is 64.7 Å². The van der Waals surface area contributed by atoms with Gasteiger partial charge in [0.2, 0.25) is 5.76 Å². The number of methoxy groups -OCH3 is 1. The van der Waals surface area contributed by atoms with E-state index in [1.807, 2.05) is 31.2 Å². The highest BCUT2D eigenvalue weighted by Crippen LogP contribution is 2.28. The van der Waals surface area contributed by atoms with E-state index in [-0.39, 0.29) is 23.8 Å². The van der Waals surface area contributed by atoms with E-state index in [0.717, 1.165) is 16.0 Å². The lowest BCUT2D eigenvalue weighted by atomic mass is 10.1. The lowest BCUT2D eigenvalue weighted by molar-refractivity contribution is -0.123. The Labute approximate surface area is 200 Å². The van der Waals surface area contributed by atoms with Gasteiger partial charge >= 0.3 is 12.0 Å². The molecule has 34 heavy (non-hydrogen) atoms. The van der Waals surface area contributed by atoms with Crippen LogP contribution in [-0.2, 0) is 22.7 Å². The number of hydrogen-bond acceptors (Lipinski definition) is 6. The Kier molecular flexibility index (Phi) is 6.70. The molecule has 2 aromatic carbocycles. The number of urea groups is 1. The van der Waals surface area contributed by atoms with Crippen molar-refractivity contribution in [2.45, 2.75) is 20.1 Å². The Bertz CT molecular complexity index is 1300. The van der Waals surface area contributed by atoms with Crippen molar-refractivity contribution in [1.82, 2.24) is 10.2 Å². The molecule has 0 unspecified atom stereocenters. The number of rotatable bonds is 7. The molecule has 0 bridgehead atoms. The van der Waals surface area contributed by atoms with Crippen LogP contribution in [0, 0.1) is 6.92 Å². The molecule has 3 amide bonds. The second-order valence-corrected chi connectivity index (χ2v) is 8.01. The van der Waals surface area contributed by atoms with Crippen molar-refractivity contribution in [3.63, 3.8) is 0 Å². The molecule has 2 heterocycles. The quantitative estimate of drug-likeness (QED) is 0.299. The monoisotopic (exact) mass is 480 g/mol. The molecule has 1 saturated heterocycles. The van der Waals surface area contributed by atoms with E-state index in [0.29, 0.717) is 22.9 Å². The van der Waals surface area contributed by atoms with Crippen molar-refractivity contribution in [2.24, 2.45) is 0 Å². The fourth-order valence-electron chi connectivity index (χ4n) is 3.40. The zero-order valence-corrected chi connectivity index (χ0v) is 19.2. The summed E-state index contributed by atoms with van der Waals surface area (Å²) in [5.74, 6) is -0.417. The van der Waals surface area contributed by atoms with E-state index in [1.165, 1.54) is 25.3 Å². The van der Waals surface area contributed by atoms with Gasteiger partial charge < -0.3 is 19.2 Å². The molecule has 9 heteroatoms. The minimum atomic E-state index is -0.646. The van der Waals surface area contributed by atoms with Crippen LogP contribution in [0.25, 0.3) is 6.08 Å². The number of ether oxygens (including phenoxy) is 2. The summed E-state index contributed by atoms with van der Waals surface area (Å²) in [5, 5.41) is 2.92. The van der Waals surface area contributed by atoms with E-state index in [9.17, 15) is 14.4 Å². The molecule has 0 aliphatic carbocycles. The third kappa shape index (κ3) is 5.13. The van der Waals surface area contributed by atoms with Crippen molar-refractivity contribution in [1.29, 1.82) is 0 Å². The summed E-state index contributed by atoms with van der Waals surface area (Å²) in [6, 6.07) is 15.4. The molecule has 0 atom stereocenters. The SMILES string of the molecule is COC(=O)c1ccc(CN2C(=O)N/C(=C\c3ccc(OCc4cccc(C)c4)c(Cl)c3)C2=O)o1. The number of nitrogens with zero attached hydrogens (tertiary/aromatic N) is 1. The number of amides is 3. The first-order chi connectivity index (χ1) is 16.3. The summed E-state index contributed by atoms with van der Waals surface area (Å²) in [4.78, 5) is 37.6. The maximum atomic E-state index is 12.7. The number of aryl methyl sites for hydroxylation is 1. The number of benzene rings is 2. The van der Waals surface area contributed by atoms with Crippen molar-refractivity contribution in [3.8, 4) is 5.75 Å². The zero-order valence-electron chi connectivity index (χ0n) is 18.5. The van der Waals surface area contributed by atoms with Crippen LogP contribution in [0.2, 0.25) is 5.02 Å². The average molecular weight is 481 g/mol. The van der Waals surface area contributed by atoms with Gasteiger partial charge in [-0.15, -0.1) is 0 Å². The van der Waals surface area contributed by atoms with Gasteiger partial charge in [0, 0.05) is 0 Å². The Morgan fingerprint density at radius 3 is 2.71 bits per heavy atom. The summed E-state index contributed by atoms with van der Waals surface area (Å²) in [6.45, 7) is 2.25.